The summed E-state index contributed by atoms with van der Waals surface area (Å²) in [6.45, 7) is 4.72. The molecule has 0 radical (unpaired) electrons. The predicted octanol–water partition coefficient (Wildman–Crippen LogP) is 5.15. The normalized spacial score (nSPS) is 17.8. The molecule has 2 atom stereocenters. The van der Waals surface area contributed by atoms with E-state index in [1.807, 2.05) is 55.7 Å². The Morgan fingerprint density at radius 1 is 0.970 bits per heavy atom. The smallest absolute Gasteiger partial charge is 0.174 e. The summed E-state index contributed by atoms with van der Waals surface area (Å²) < 4.78 is 7.89. The van der Waals surface area contributed by atoms with Crippen LogP contribution in [0.2, 0.25) is 0 Å². The lowest BCUT2D eigenvalue weighted by atomic mass is 10.0. The summed E-state index contributed by atoms with van der Waals surface area (Å²) in [5.74, 6) is 0.840. The fourth-order valence-electron chi connectivity index (χ4n) is 4.43. The van der Waals surface area contributed by atoms with Gasteiger partial charge in [0.15, 0.2) is 5.11 Å². The monoisotopic (exact) mass is 455 g/mol. The van der Waals surface area contributed by atoms with Crippen molar-refractivity contribution in [3.63, 3.8) is 0 Å². The number of ether oxygens (including phenoxy) is 1. The maximum absolute atomic E-state index is 5.86. The molecule has 1 aromatic carbocycles. The number of anilines is 1. The van der Waals surface area contributed by atoms with Gasteiger partial charge in [-0.3, -0.25) is 9.97 Å². The summed E-state index contributed by atoms with van der Waals surface area (Å²) in [5.41, 5.74) is 5.18. The van der Waals surface area contributed by atoms with E-state index in [1.54, 1.807) is 6.20 Å². The molecule has 0 saturated carbocycles. The zero-order valence-electron chi connectivity index (χ0n) is 18.6. The van der Waals surface area contributed by atoms with Gasteiger partial charge in [0.25, 0.3) is 0 Å². The lowest BCUT2D eigenvalue weighted by Crippen LogP contribution is -2.30. The highest BCUT2D eigenvalue weighted by molar-refractivity contribution is 7.80. The van der Waals surface area contributed by atoms with Gasteiger partial charge in [0.2, 0.25) is 0 Å². The second kappa shape index (κ2) is 9.03. The van der Waals surface area contributed by atoms with E-state index in [4.69, 9.17) is 17.0 Å². The first-order valence-electron chi connectivity index (χ1n) is 11.0. The van der Waals surface area contributed by atoms with Crippen LogP contribution in [0.5, 0.6) is 5.75 Å². The van der Waals surface area contributed by atoms with E-state index in [9.17, 15) is 0 Å². The van der Waals surface area contributed by atoms with E-state index in [0.717, 1.165) is 34.2 Å². The highest BCUT2D eigenvalue weighted by Gasteiger charge is 2.42. The molecule has 0 bridgehead atoms. The van der Waals surface area contributed by atoms with Gasteiger partial charge >= 0.3 is 0 Å². The first-order valence-corrected chi connectivity index (χ1v) is 11.4. The van der Waals surface area contributed by atoms with Crippen LogP contribution < -0.4 is 15.0 Å². The van der Waals surface area contributed by atoms with E-state index >= 15 is 0 Å². The Labute approximate surface area is 198 Å². The van der Waals surface area contributed by atoms with Crippen LogP contribution >= 0.6 is 12.2 Å². The molecule has 0 aliphatic carbocycles. The summed E-state index contributed by atoms with van der Waals surface area (Å²) in [6.07, 6.45) is 5.49. The Hall–Kier alpha value is -3.71. The number of rotatable bonds is 6. The summed E-state index contributed by atoms with van der Waals surface area (Å²) in [6, 6.07) is 22.2. The number of aromatic nitrogens is 3. The average Bonchev–Trinajstić information content (AvgIpc) is 3.40. The summed E-state index contributed by atoms with van der Waals surface area (Å²) in [4.78, 5) is 11.2. The van der Waals surface area contributed by atoms with Crippen LogP contribution in [-0.2, 0) is 0 Å². The van der Waals surface area contributed by atoms with E-state index in [1.165, 1.54) is 0 Å². The standard InChI is InChI=1S/C26H25N5OS/c1-3-32-21-12-10-19(11-13-21)31-25(24(29-26(31)33)22-8-4-5-16-28-22)23-14-9-18(2)30(23)20-7-6-15-27-17-20/h4-17,24-25H,3H2,1-2H3,(H,29,33). The molecule has 2 unspecified atom stereocenters. The third-order valence-electron chi connectivity index (χ3n) is 5.84. The van der Waals surface area contributed by atoms with Crippen LogP contribution in [0.1, 0.15) is 36.1 Å². The number of pyridine rings is 2. The second-order valence-corrected chi connectivity index (χ2v) is 8.26. The summed E-state index contributed by atoms with van der Waals surface area (Å²) in [5, 5.41) is 4.19. The van der Waals surface area contributed by atoms with Gasteiger partial charge in [0.05, 0.1) is 30.2 Å². The second-order valence-electron chi connectivity index (χ2n) is 7.87. The van der Waals surface area contributed by atoms with Crippen molar-refractivity contribution in [2.45, 2.75) is 25.9 Å². The topological polar surface area (TPSA) is 55.2 Å². The van der Waals surface area contributed by atoms with Crippen molar-refractivity contribution in [2.24, 2.45) is 0 Å². The molecule has 4 heterocycles. The van der Waals surface area contributed by atoms with Gasteiger partial charge in [-0.1, -0.05) is 6.07 Å². The molecule has 1 saturated heterocycles. The van der Waals surface area contributed by atoms with E-state index < -0.39 is 0 Å². The third-order valence-corrected chi connectivity index (χ3v) is 6.15. The minimum Gasteiger partial charge on any atom is -0.494 e. The molecular formula is C26H25N5OS. The third kappa shape index (κ3) is 3.96. The minimum absolute atomic E-state index is 0.112. The Balaban J connectivity index is 1.65. The lowest BCUT2D eigenvalue weighted by Gasteiger charge is -2.29. The van der Waals surface area contributed by atoms with E-state index in [-0.39, 0.29) is 12.1 Å². The number of nitrogens with zero attached hydrogens (tertiary/aromatic N) is 4. The van der Waals surface area contributed by atoms with Crippen LogP contribution in [0, 0.1) is 6.92 Å². The van der Waals surface area contributed by atoms with Crippen molar-refractivity contribution in [3.8, 4) is 11.4 Å². The zero-order valence-corrected chi connectivity index (χ0v) is 19.4. The van der Waals surface area contributed by atoms with Gasteiger partial charge in [-0.2, -0.15) is 0 Å². The Kier molecular flexibility index (Phi) is 5.79. The molecule has 6 nitrogen and oxygen atoms in total. The molecule has 33 heavy (non-hydrogen) atoms. The van der Waals surface area contributed by atoms with Gasteiger partial charge in [-0.25, -0.2) is 0 Å². The Bertz CT molecular complexity index is 1240. The van der Waals surface area contributed by atoms with Crippen LogP contribution in [-0.4, -0.2) is 26.3 Å². The van der Waals surface area contributed by atoms with Crippen molar-refractivity contribution < 1.29 is 4.74 Å². The van der Waals surface area contributed by atoms with Crippen LogP contribution in [0.25, 0.3) is 5.69 Å². The first kappa shape index (κ1) is 21.2. The predicted molar refractivity (Wildman–Crippen MR) is 134 cm³/mol. The maximum Gasteiger partial charge on any atom is 0.174 e. The van der Waals surface area contributed by atoms with Crippen molar-refractivity contribution >= 4 is 23.0 Å². The number of hydrogen-bond acceptors (Lipinski definition) is 4. The molecule has 3 aromatic heterocycles. The Morgan fingerprint density at radius 2 is 1.82 bits per heavy atom. The largest absolute Gasteiger partial charge is 0.494 e. The fourth-order valence-corrected chi connectivity index (χ4v) is 4.78. The van der Waals surface area contributed by atoms with Crippen LogP contribution in [0.3, 0.4) is 0 Å². The van der Waals surface area contributed by atoms with Gasteiger partial charge in [0, 0.05) is 29.5 Å². The lowest BCUT2D eigenvalue weighted by molar-refractivity contribution is 0.340. The van der Waals surface area contributed by atoms with Crippen LogP contribution in [0.15, 0.2) is 85.3 Å². The molecule has 0 amide bonds. The molecule has 1 N–H and O–H groups in total. The zero-order chi connectivity index (χ0) is 22.8. The molecule has 1 aliphatic heterocycles. The molecule has 7 heteroatoms. The number of aryl methyl sites for hydroxylation is 1. The van der Waals surface area contributed by atoms with Gasteiger partial charge < -0.3 is 19.5 Å². The fraction of sp³-hybridized carbons (Fsp3) is 0.192. The molecule has 5 rings (SSSR count). The number of hydrogen-bond donors (Lipinski definition) is 1. The average molecular weight is 456 g/mol. The number of thiocarbonyl (C=S) groups is 1. The number of benzene rings is 1. The first-order chi connectivity index (χ1) is 16.2. The SMILES string of the molecule is CCOc1ccc(N2C(=S)NC(c3ccccn3)C2c2ccc(C)n2-c2cccnc2)cc1. The quantitative estimate of drug-likeness (QED) is 0.406. The van der Waals surface area contributed by atoms with Crippen LogP contribution in [0.4, 0.5) is 5.69 Å². The van der Waals surface area contributed by atoms with Gasteiger partial charge in [-0.15, -0.1) is 0 Å². The molecule has 1 aliphatic rings. The Morgan fingerprint density at radius 3 is 2.52 bits per heavy atom. The summed E-state index contributed by atoms with van der Waals surface area (Å²) >= 11 is 5.86. The van der Waals surface area contributed by atoms with Crippen molar-refractivity contribution in [2.75, 3.05) is 11.5 Å². The maximum atomic E-state index is 5.86. The van der Waals surface area contributed by atoms with Crippen molar-refractivity contribution in [1.29, 1.82) is 0 Å². The minimum atomic E-state index is -0.116. The molecule has 4 aromatic rings. The number of nitrogens with one attached hydrogen (secondary N) is 1. The molecule has 166 valence electrons. The molecular weight excluding hydrogens is 430 g/mol. The van der Waals surface area contributed by atoms with E-state index in [2.05, 4.69) is 62.0 Å². The molecule has 0 spiro atoms. The highest BCUT2D eigenvalue weighted by Crippen LogP contribution is 2.43. The van der Waals surface area contributed by atoms with E-state index in [0.29, 0.717) is 11.7 Å². The summed E-state index contributed by atoms with van der Waals surface area (Å²) in [7, 11) is 0. The van der Waals surface area contributed by atoms with Gasteiger partial charge in [0.1, 0.15) is 11.8 Å². The molecule has 1 fully saturated rings. The van der Waals surface area contributed by atoms with Gasteiger partial charge in [-0.05, 0) is 86.7 Å². The van der Waals surface area contributed by atoms with Crippen molar-refractivity contribution in [1.82, 2.24) is 19.9 Å². The highest BCUT2D eigenvalue weighted by atomic mass is 32.1. The van der Waals surface area contributed by atoms with Crippen molar-refractivity contribution in [3.05, 3.63) is 102 Å².